The van der Waals surface area contributed by atoms with Gasteiger partial charge in [-0.15, -0.1) is 0 Å². The molecule has 110 valence electrons. The first-order chi connectivity index (χ1) is 10.1. The smallest absolute Gasteiger partial charge is 0.305 e. The van der Waals surface area contributed by atoms with Crippen LogP contribution in [0.25, 0.3) is 5.69 Å². The maximum absolute atomic E-state index is 12.3. The maximum atomic E-state index is 12.3. The van der Waals surface area contributed by atoms with Crippen LogP contribution in [-0.4, -0.2) is 44.5 Å². The lowest BCUT2D eigenvalue weighted by Crippen LogP contribution is -2.32. The van der Waals surface area contributed by atoms with Crippen LogP contribution in [0.4, 0.5) is 0 Å². The molecular formula is C15H17N3O3. The molecule has 0 fully saturated rings. The molecule has 0 bridgehead atoms. The van der Waals surface area contributed by atoms with Gasteiger partial charge in [0.05, 0.1) is 12.7 Å². The molecule has 6 heteroatoms. The molecule has 1 aromatic heterocycles. The highest BCUT2D eigenvalue weighted by molar-refractivity contribution is 5.94. The molecule has 0 aliphatic carbocycles. The van der Waals surface area contributed by atoms with Crippen molar-refractivity contribution in [3.63, 3.8) is 0 Å². The lowest BCUT2D eigenvalue weighted by Gasteiger charge is -2.20. The number of carbonyl (C=O) groups excluding carboxylic acids is 1. The van der Waals surface area contributed by atoms with Crippen LogP contribution < -0.4 is 0 Å². The van der Waals surface area contributed by atoms with Gasteiger partial charge in [0.25, 0.3) is 5.91 Å². The van der Waals surface area contributed by atoms with E-state index in [-0.39, 0.29) is 18.9 Å². The molecule has 0 radical (unpaired) electrons. The van der Waals surface area contributed by atoms with Crippen molar-refractivity contribution in [2.24, 2.45) is 0 Å². The Kier molecular flexibility index (Phi) is 4.71. The van der Waals surface area contributed by atoms with Crippen LogP contribution in [0.1, 0.15) is 23.7 Å². The zero-order chi connectivity index (χ0) is 15.2. The highest BCUT2D eigenvalue weighted by atomic mass is 16.4. The van der Waals surface area contributed by atoms with E-state index in [4.69, 9.17) is 5.11 Å². The molecule has 1 N–H and O–H groups in total. The van der Waals surface area contributed by atoms with Gasteiger partial charge in [0, 0.05) is 36.7 Å². The molecule has 0 saturated carbocycles. The summed E-state index contributed by atoms with van der Waals surface area (Å²) in [5.41, 5.74) is 1.46. The number of carboxylic acids is 1. The molecule has 21 heavy (non-hydrogen) atoms. The van der Waals surface area contributed by atoms with Crippen molar-refractivity contribution in [2.75, 3.05) is 13.1 Å². The fourth-order valence-corrected chi connectivity index (χ4v) is 2.00. The summed E-state index contributed by atoms with van der Waals surface area (Å²) < 4.78 is 1.84. The van der Waals surface area contributed by atoms with Crippen molar-refractivity contribution >= 4 is 11.9 Å². The van der Waals surface area contributed by atoms with Crippen molar-refractivity contribution < 1.29 is 14.7 Å². The Bertz CT molecular complexity index is 606. The number of hydrogen-bond donors (Lipinski definition) is 1. The minimum atomic E-state index is -0.906. The minimum absolute atomic E-state index is 0.0489. The minimum Gasteiger partial charge on any atom is -0.481 e. The van der Waals surface area contributed by atoms with Gasteiger partial charge < -0.3 is 14.6 Å². The predicted octanol–water partition coefficient (Wildman–Crippen LogP) is 1.81. The number of rotatable bonds is 6. The largest absolute Gasteiger partial charge is 0.481 e. The van der Waals surface area contributed by atoms with E-state index in [1.165, 1.54) is 4.90 Å². The van der Waals surface area contributed by atoms with Gasteiger partial charge in [-0.2, -0.15) is 0 Å². The van der Waals surface area contributed by atoms with Crippen molar-refractivity contribution in [2.45, 2.75) is 13.3 Å². The molecule has 1 amide bonds. The number of carbonyl (C=O) groups is 2. The molecule has 1 heterocycles. The van der Waals surface area contributed by atoms with Crippen molar-refractivity contribution in [1.82, 2.24) is 14.5 Å². The first-order valence-corrected chi connectivity index (χ1v) is 6.71. The Hall–Kier alpha value is -2.63. The fourth-order valence-electron chi connectivity index (χ4n) is 2.00. The van der Waals surface area contributed by atoms with E-state index in [2.05, 4.69) is 4.98 Å². The van der Waals surface area contributed by atoms with Crippen LogP contribution in [0, 0.1) is 0 Å². The SMILES string of the molecule is CCN(CCC(=O)O)C(=O)c1ccc(-n2ccnc2)cc1. The first kappa shape index (κ1) is 14.8. The predicted molar refractivity (Wildman–Crippen MR) is 77.4 cm³/mol. The Morgan fingerprint density at radius 1 is 1.29 bits per heavy atom. The van der Waals surface area contributed by atoms with Crippen LogP contribution in [0.5, 0.6) is 0 Å². The third-order valence-corrected chi connectivity index (χ3v) is 3.18. The van der Waals surface area contributed by atoms with E-state index in [0.717, 1.165) is 5.69 Å². The summed E-state index contributed by atoms with van der Waals surface area (Å²) in [4.78, 5) is 28.4. The second-order valence-electron chi connectivity index (χ2n) is 4.55. The Morgan fingerprint density at radius 2 is 2.00 bits per heavy atom. The number of imidazole rings is 1. The highest BCUT2D eigenvalue weighted by Crippen LogP contribution is 2.11. The summed E-state index contributed by atoms with van der Waals surface area (Å²) in [5.74, 6) is -1.06. The van der Waals surface area contributed by atoms with Crippen molar-refractivity contribution in [3.8, 4) is 5.69 Å². The molecule has 0 aliphatic heterocycles. The van der Waals surface area contributed by atoms with Gasteiger partial charge >= 0.3 is 5.97 Å². The molecule has 1 aromatic carbocycles. The topological polar surface area (TPSA) is 75.4 Å². The first-order valence-electron chi connectivity index (χ1n) is 6.71. The maximum Gasteiger partial charge on any atom is 0.305 e. The van der Waals surface area contributed by atoms with E-state index in [0.29, 0.717) is 12.1 Å². The van der Waals surface area contributed by atoms with E-state index < -0.39 is 5.97 Å². The number of benzene rings is 1. The summed E-state index contributed by atoms with van der Waals surface area (Å²) >= 11 is 0. The number of amides is 1. The summed E-state index contributed by atoms with van der Waals surface area (Å²) in [6.45, 7) is 2.53. The number of carboxylic acid groups (broad SMARTS) is 1. The highest BCUT2D eigenvalue weighted by Gasteiger charge is 2.15. The zero-order valence-corrected chi connectivity index (χ0v) is 11.8. The lowest BCUT2D eigenvalue weighted by molar-refractivity contribution is -0.137. The summed E-state index contributed by atoms with van der Waals surface area (Å²) in [6.07, 6.45) is 5.14. The van der Waals surface area contributed by atoms with Gasteiger partial charge in [0.15, 0.2) is 0 Å². The molecule has 0 atom stereocenters. The van der Waals surface area contributed by atoms with Gasteiger partial charge in [-0.1, -0.05) is 0 Å². The Balaban J connectivity index is 2.09. The normalized spacial score (nSPS) is 10.3. The zero-order valence-electron chi connectivity index (χ0n) is 11.8. The van der Waals surface area contributed by atoms with Crippen LogP contribution in [0.3, 0.4) is 0 Å². The van der Waals surface area contributed by atoms with Crippen LogP contribution >= 0.6 is 0 Å². The molecule has 6 nitrogen and oxygen atoms in total. The van der Waals surface area contributed by atoms with Crippen LogP contribution in [0.2, 0.25) is 0 Å². The number of nitrogens with zero attached hydrogens (tertiary/aromatic N) is 3. The van der Waals surface area contributed by atoms with Gasteiger partial charge in [0.2, 0.25) is 0 Å². The Labute approximate surface area is 122 Å². The average molecular weight is 287 g/mol. The molecule has 0 spiro atoms. The summed E-state index contributed by atoms with van der Waals surface area (Å²) in [7, 11) is 0. The molecular weight excluding hydrogens is 270 g/mol. The van der Waals surface area contributed by atoms with Gasteiger partial charge in [-0.25, -0.2) is 4.98 Å². The average Bonchev–Trinajstić information content (AvgIpc) is 3.02. The van der Waals surface area contributed by atoms with E-state index in [9.17, 15) is 9.59 Å². The monoisotopic (exact) mass is 287 g/mol. The molecule has 0 saturated heterocycles. The quantitative estimate of drug-likeness (QED) is 0.879. The number of aliphatic carboxylic acids is 1. The van der Waals surface area contributed by atoms with Crippen molar-refractivity contribution in [3.05, 3.63) is 48.5 Å². The van der Waals surface area contributed by atoms with Crippen LogP contribution in [0.15, 0.2) is 43.0 Å². The summed E-state index contributed by atoms with van der Waals surface area (Å²) in [6, 6.07) is 7.14. The van der Waals surface area contributed by atoms with Crippen LogP contribution in [-0.2, 0) is 4.79 Å². The number of hydrogen-bond acceptors (Lipinski definition) is 3. The third kappa shape index (κ3) is 3.68. The van der Waals surface area contributed by atoms with Crippen molar-refractivity contribution in [1.29, 1.82) is 0 Å². The van der Waals surface area contributed by atoms with E-state index >= 15 is 0 Å². The number of aromatic nitrogens is 2. The lowest BCUT2D eigenvalue weighted by atomic mass is 10.1. The molecule has 0 unspecified atom stereocenters. The fraction of sp³-hybridized carbons (Fsp3) is 0.267. The van der Waals surface area contributed by atoms with E-state index in [1.807, 2.05) is 29.8 Å². The summed E-state index contributed by atoms with van der Waals surface area (Å²) in [5, 5.41) is 8.71. The Morgan fingerprint density at radius 3 is 2.52 bits per heavy atom. The van der Waals surface area contributed by atoms with E-state index in [1.54, 1.807) is 24.7 Å². The van der Waals surface area contributed by atoms with Gasteiger partial charge in [0.1, 0.15) is 0 Å². The second kappa shape index (κ2) is 6.69. The third-order valence-electron chi connectivity index (χ3n) is 3.18. The van der Waals surface area contributed by atoms with Gasteiger partial charge in [-0.05, 0) is 31.2 Å². The molecule has 2 aromatic rings. The standard InChI is InChI=1S/C15H17N3O3/c1-2-17(9-7-14(19)20)15(21)12-3-5-13(6-4-12)18-10-8-16-11-18/h3-6,8,10-11H,2,7,9H2,1H3,(H,19,20). The second-order valence-corrected chi connectivity index (χ2v) is 4.55. The molecule has 2 rings (SSSR count). The molecule has 0 aliphatic rings. The van der Waals surface area contributed by atoms with Gasteiger partial charge in [-0.3, -0.25) is 9.59 Å².